The van der Waals surface area contributed by atoms with Crippen LogP contribution in [0.4, 0.5) is 8.78 Å². The summed E-state index contributed by atoms with van der Waals surface area (Å²) in [7, 11) is 0. The molecular weight excluding hydrogens is 522 g/mol. The molecular formula is C35H44F2O4. The molecule has 1 unspecified atom stereocenters. The molecule has 0 N–H and O–H groups in total. The molecule has 0 radical (unpaired) electrons. The van der Waals surface area contributed by atoms with Crippen LogP contribution in [0.1, 0.15) is 94.8 Å². The summed E-state index contributed by atoms with van der Waals surface area (Å²) in [6.45, 7) is 4.83. The van der Waals surface area contributed by atoms with Crippen LogP contribution >= 0.6 is 0 Å². The normalized spacial score (nSPS) is 11.7. The maximum atomic E-state index is 14.6. The van der Waals surface area contributed by atoms with E-state index < -0.39 is 18.0 Å². The highest BCUT2D eigenvalue weighted by molar-refractivity contribution is 5.91. The zero-order valence-electron chi connectivity index (χ0n) is 24.5. The minimum atomic E-state index is -1.00. The molecule has 6 heteroatoms. The second-order valence-corrected chi connectivity index (χ2v) is 10.5. The fourth-order valence-corrected chi connectivity index (χ4v) is 4.49. The fourth-order valence-electron chi connectivity index (χ4n) is 4.49. The number of hydrogen-bond acceptors (Lipinski definition) is 4. The largest absolute Gasteiger partial charge is 0.491 e. The summed E-state index contributed by atoms with van der Waals surface area (Å²) in [4.78, 5) is 12.6. The Kier molecular flexibility index (Phi) is 14.2. The zero-order chi connectivity index (χ0) is 29.3. The maximum Gasteiger partial charge on any atom is 0.343 e. The maximum absolute atomic E-state index is 14.6. The van der Waals surface area contributed by atoms with E-state index in [0.717, 1.165) is 44.1 Å². The Morgan fingerprint density at radius 3 is 2.00 bits per heavy atom. The minimum absolute atomic E-state index is 0.00110. The minimum Gasteiger partial charge on any atom is -0.491 e. The summed E-state index contributed by atoms with van der Waals surface area (Å²) in [5, 5.41) is 0. The van der Waals surface area contributed by atoms with Crippen LogP contribution < -0.4 is 14.2 Å². The molecule has 0 aliphatic heterocycles. The van der Waals surface area contributed by atoms with Crippen molar-refractivity contribution in [2.45, 2.75) is 90.6 Å². The molecule has 0 bridgehead atoms. The number of alkyl halides is 1. The molecule has 3 aromatic rings. The van der Waals surface area contributed by atoms with Crippen molar-refractivity contribution in [2.75, 3.05) is 13.2 Å². The van der Waals surface area contributed by atoms with E-state index in [0.29, 0.717) is 35.7 Å². The van der Waals surface area contributed by atoms with Crippen molar-refractivity contribution in [3.8, 4) is 28.4 Å². The van der Waals surface area contributed by atoms with Crippen molar-refractivity contribution in [1.29, 1.82) is 0 Å². The molecule has 3 aromatic carbocycles. The van der Waals surface area contributed by atoms with Crippen LogP contribution in [0, 0.1) is 5.82 Å². The van der Waals surface area contributed by atoms with Gasteiger partial charge in [-0.2, -0.15) is 0 Å². The van der Waals surface area contributed by atoms with Gasteiger partial charge in [-0.05, 0) is 72.5 Å². The molecule has 3 rings (SSSR count). The SMILES string of the molecule is CCCCCCCCOc1ccc(-c2ccc(OC(=O)c3ccc(OCC(F)CCCCCC)cc3)cc2)cc1F. The van der Waals surface area contributed by atoms with E-state index in [9.17, 15) is 13.6 Å². The van der Waals surface area contributed by atoms with Crippen molar-refractivity contribution in [1.82, 2.24) is 0 Å². The quantitative estimate of drug-likeness (QED) is 0.0823. The second-order valence-electron chi connectivity index (χ2n) is 10.5. The van der Waals surface area contributed by atoms with Crippen LogP contribution in [0.2, 0.25) is 0 Å². The number of hydrogen-bond donors (Lipinski definition) is 0. The van der Waals surface area contributed by atoms with Crippen molar-refractivity contribution in [3.63, 3.8) is 0 Å². The molecule has 0 saturated heterocycles. The van der Waals surface area contributed by atoms with Crippen molar-refractivity contribution in [2.24, 2.45) is 0 Å². The van der Waals surface area contributed by atoms with Gasteiger partial charge in [0.1, 0.15) is 24.3 Å². The average Bonchev–Trinajstić information content (AvgIpc) is 2.99. The lowest BCUT2D eigenvalue weighted by Gasteiger charge is -2.11. The summed E-state index contributed by atoms with van der Waals surface area (Å²) in [6.07, 6.45) is 10.6. The molecule has 0 fully saturated rings. The van der Waals surface area contributed by atoms with E-state index in [1.54, 1.807) is 54.6 Å². The smallest absolute Gasteiger partial charge is 0.343 e. The zero-order valence-corrected chi connectivity index (χ0v) is 24.5. The highest BCUT2D eigenvalue weighted by atomic mass is 19.1. The Hall–Kier alpha value is -3.41. The number of ether oxygens (including phenoxy) is 3. The Labute approximate surface area is 244 Å². The molecule has 0 spiro atoms. The standard InChI is InChI=1S/C35H44F2O4/c1-3-5-7-9-10-12-24-39-34-23-18-29(25-33(34)37)27-14-21-32(22-15-27)41-35(38)28-16-19-31(20-17-28)40-26-30(36)13-11-8-6-4-2/h14-23,25,30H,3-13,24,26H2,1-2H3. The third kappa shape index (κ3) is 11.5. The van der Waals surface area contributed by atoms with Gasteiger partial charge >= 0.3 is 5.97 Å². The van der Waals surface area contributed by atoms with Crippen molar-refractivity contribution >= 4 is 5.97 Å². The summed E-state index contributed by atoms with van der Waals surface area (Å²) in [5.41, 5.74) is 1.86. The third-order valence-corrected chi connectivity index (χ3v) is 6.98. The first-order chi connectivity index (χ1) is 20.0. The van der Waals surface area contributed by atoms with E-state index in [2.05, 4.69) is 13.8 Å². The molecule has 0 aliphatic carbocycles. The van der Waals surface area contributed by atoms with Gasteiger partial charge < -0.3 is 14.2 Å². The lowest BCUT2D eigenvalue weighted by Crippen LogP contribution is -2.13. The molecule has 0 saturated carbocycles. The number of carbonyl (C=O) groups excluding carboxylic acids is 1. The molecule has 0 aliphatic rings. The highest BCUT2D eigenvalue weighted by Gasteiger charge is 2.12. The van der Waals surface area contributed by atoms with Crippen molar-refractivity contribution < 1.29 is 27.8 Å². The first kappa shape index (κ1) is 32.1. The van der Waals surface area contributed by atoms with Gasteiger partial charge in [0.2, 0.25) is 0 Å². The first-order valence-corrected chi connectivity index (χ1v) is 15.1. The van der Waals surface area contributed by atoms with Crippen molar-refractivity contribution in [3.05, 3.63) is 78.1 Å². The fraction of sp³-hybridized carbons (Fsp3) is 0.457. The van der Waals surface area contributed by atoms with E-state index in [-0.39, 0.29) is 12.4 Å². The number of carbonyl (C=O) groups is 1. The summed E-state index contributed by atoms with van der Waals surface area (Å²) < 4.78 is 45.3. The molecule has 0 heterocycles. The van der Waals surface area contributed by atoms with Crippen LogP contribution in [-0.4, -0.2) is 25.4 Å². The molecule has 41 heavy (non-hydrogen) atoms. The van der Waals surface area contributed by atoms with E-state index in [4.69, 9.17) is 14.2 Å². The topological polar surface area (TPSA) is 44.8 Å². The summed E-state index contributed by atoms with van der Waals surface area (Å²) >= 11 is 0. The van der Waals surface area contributed by atoms with Gasteiger partial charge in [0.05, 0.1) is 12.2 Å². The molecule has 0 amide bonds. The van der Waals surface area contributed by atoms with E-state index >= 15 is 0 Å². The third-order valence-electron chi connectivity index (χ3n) is 6.98. The van der Waals surface area contributed by atoms with Crippen LogP contribution in [0.25, 0.3) is 11.1 Å². The Bertz CT molecular complexity index is 1160. The predicted molar refractivity (Wildman–Crippen MR) is 161 cm³/mol. The monoisotopic (exact) mass is 566 g/mol. The lowest BCUT2D eigenvalue weighted by atomic mass is 10.1. The number of rotatable bonds is 19. The van der Waals surface area contributed by atoms with Crippen LogP contribution in [-0.2, 0) is 0 Å². The van der Waals surface area contributed by atoms with Gasteiger partial charge in [0, 0.05) is 0 Å². The highest BCUT2D eigenvalue weighted by Crippen LogP contribution is 2.28. The molecule has 0 aromatic heterocycles. The Morgan fingerprint density at radius 1 is 0.707 bits per heavy atom. The van der Waals surface area contributed by atoms with Gasteiger partial charge in [0.25, 0.3) is 0 Å². The van der Waals surface area contributed by atoms with Crippen LogP contribution in [0.15, 0.2) is 66.7 Å². The lowest BCUT2D eigenvalue weighted by molar-refractivity contribution is 0.0734. The van der Waals surface area contributed by atoms with Gasteiger partial charge in [-0.3, -0.25) is 0 Å². The number of esters is 1. The average molecular weight is 567 g/mol. The summed E-state index contributed by atoms with van der Waals surface area (Å²) in [5.74, 6) is 0.234. The summed E-state index contributed by atoms with van der Waals surface area (Å²) in [6, 6.07) is 18.3. The molecule has 4 nitrogen and oxygen atoms in total. The molecule has 1 atom stereocenters. The van der Waals surface area contributed by atoms with Gasteiger partial charge in [-0.15, -0.1) is 0 Å². The Balaban J connectivity index is 1.44. The van der Waals surface area contributed by atoms with E-state index in [1.165, 1.54) is 31.7 Å². The van der Waals surface area contributed by atoms with Gasteiger partial charge in [-0.1, -0.05) is 89.8 Å². The number of unbranched alkanes of at least 4 members (excludes halogenated alkanes) is 8. The first-order valence-electron chi connectivity index (χ1n) is 15.1. The van der Waals surface area contributed by atoms with Crippen LogP contribution in [0.3, 0.4) is 0 Å². The second kappa shape index (κ2) is 18.1. The number of halogens is 2. The molecule has 222 valence electrons. The number of benzene rings is 3. The van der Waals surface area contributed by atoms with Crippen LogP contribution in [0.5, 0.6) is 17.2 Å². The Morgan fingerprint density at radius 2 is 1.32 bits per heavy atom. The van der Waals surface area contributed by atoms with Gasteiger partial charge in [-0.25, -0.2) is 13.6 Å². The predicted octanol–water partition coefficient (Wildman–Crippen LogP) is 10.1. The van der Waals surface area contributed by atoms with E-state index in [1.807, 2.05) is 6.07 Å². The van der Waals surface area contributed by atoms with Gasteiger partial charge in [0.15, 0.2) is 11.6 Å².